The average molecular weight is 336 g/mol. The lowest BCUT2D eigenvalue weighted by atomic mass is 10.2. The van der Waals surface area contributed by atoms with Crippen LogP contribution in [0.1, 0.15) is 2.74 Å². The van der Waals surface area contributed by atoms with Crippen LogP contribution in [-0.2, 0) is 0 Å². The Hall–Kier alpha value is -3.52. The first-order valence-corrected chi connectivity index (χ1v) is 8.64. The van der Waals surface area contributed by atoms with E-state index in [1.807, 2.05) is 60.7 Å². The number of rotatable bonds is 0. The SMILES string of the molecule is [2H]c1cccc2c1[nH]c1ccccc12.[2H]c1cccc2c1[nH]c1ccccc12. The first kappa shape index (κ1) is 12.8. The fourth-order valence-electron chi connectivity index (χ4n) is 3.45. The molecular weight excluding hydrogens is 316 g/mol. The zero-order valence-electron chi connectivity index (χ0n) is 16.1. The van der Waals surface area contributed by atoms with Crippen molar-refractivity contribution in [2.24, 2.45) is 0 Å². The standard InChI is InChI=1S/2C12H9N/c2*1-3-7-11-9(5-1)10-6-2-4-8-12(10)13-11/h2*1-8,13H/i2*7D. The number of hydrogen-bond donors (Lipinski definition) is 2. The minimum Gasteiger partial charge on any atom is -0.355 e. The first-order valence-electron chi connectivity index (χ1n) is 9.64. The van der Waals surface area contributed by atoms with E-state index in [0.717, 1.165) is 32.8 Å². The first-order chi connectivity index (χ1) is 13.7. The summed E-state index contributed by atoms with van der Waals surface area (Å²) in [5, 5.41) is 4.65. The van der Waals surface area contributed by atoms with Gasteiger partial charge in [-0.1, -0.05) is 72.8 Å². The highest BCUT2D eigenvalue weighted by atomic mass is 14.7. The van der Waals surface area contributed by atoms with Gasteiger partial charge in [0.2, 0.25) is 0 Å². The largest absolute Gasteiger partial charge is 0.355 e. The van der Waals surface area contributed by atoms with Crippen LogP contribution in [0, 0.1) is 0 Å². The predicted molar refractivity (Wildman–Crippen MR) is 112 cm³/mol. The molecule has 6 aromatic rings. The summed E-state index contributed by atoms with van der Waals surface area (Å²) in [5.41, 5.74) is 4.05. The number of aromatic nitrogens is 2. The second-order valence-electron chi connectivity index (χ2n) is 6.26. The van der Waals surface area contributed by atoms with Gasteiger partial charge in [-0.2, -0.15) is 0 Å². The van der Waals surface area contributed by atoms with Gasteiger partial charge in [0, 0.05) is 43.6 Å². The molecule has 0 aliphatic carbocycles. The van der Waals surface area contributed by atoms with Crippen molar-refractivity contribution in [1.82, 2.24) is 9.97 Å². The fraction of sp³-hybridized carbons (Fsp3) is 0. The van der Waals surface area contributed by atoms with Gasteiger partial charge in [-0.3, -0.25) is 0 Å². The minimum atomic E-state index is 0.554. The van der Waals surface area contributed by atoms with Crippen LogP contribution in [0.2, 0.25) is 0 Å². The van der Waals surface area contributed by atoms with Crippen molar-refractivity contribution in [3.8, 4) is 0 Å². The highest BCUT2D eigenvalue weighted by molar-refractivity contribution is 6.07. The monoisotopic (exact) mass is 336 g/mol. The molecule has 2 N–H and O–H groups in total. The highest BCUT2D eigenvalue weighted by Crippen LogP contribution is 2.25. The Morgan fingerprint density at radius 3 is 1.23 bits per heavy atom. The van der Waals surface area contributed by atoms with Crippen LogP contribution in [0.25, 0.3) is 43.6 Å². The smallest absolute Gasteiger partial charge is 0.0645 e. The summed E-state index contributed by atoms with van der Waals surface area (Å²) in [6.45, 7) is 0. The second-order valence-corrected chi connectivity index (χ2v) is 6.26. The third-order valence-corrected chi connectivity index (χ3v) is 4.67. The van der Waals surface area contributed by atoms with Gasteiger partial charge >= 0.3 is 0 Å². The van der Waals surface area contributed by atoms with Crippen molar-refractivity contribution in [3.05, 3.63) is 97.0 Å². The summed E-state index contributed by atoms with van der Waals surface area (Å²) in [5.74, 6) is 0. The molecule has 0 aliphatic rings. The van der Waals surface area contributed by atoms with Crippen LogP contribution in [0.5, 0.6) is 0 Å². The summed E-state index contributed by atoms with van der Waals surface area (Å²) in [7, 11) is 0. The van der Waals surface area contributed by atoms with Gasteiger partial charge in [0.05, 0.1) is 2.74 Å². The van der Waals surface area contributed by atoms with Gasteiger partial charge in [0.15, 0.2) is 0 Å². The zero-order valence-corrected chi connectivity index (χ0v) is 14.1. The van der Waals surface area contributed by atoms with Gasteiger partial charge < -0.3 is 9.97 Å². The molecule has 4 aromatic carbocycles. The summed E-state index contributed by atoms with van der Waals surface area (Å²) >= 11 is 0. The molecule has 2 nitrogen and oxygen atoms in total. The summed E-state index contributed by atoms with van der Waals surface area (Å²) < 4.78 is 15.5. The second kappa shape index (κ2) is 6.08. The molecule has 0 saturated carbocycles. The molecule has 0 aliphatic heterocycles. The lowest BCUT2D eigenvalue weighted by Crippen LogP contribution is -1.62. The van der Waals surface area contributed by atoms with Crippen LogP contribution >= 0.6 is 0 Å². The summed E-state index contributed by atoms with van der Waals surface area (Å²) in [4.78, 5) is 6.52. The van der Waals surface area contributed by atoms with Crippen LogP contribution in [0.3, 0.4) is 0 Å². The topological polar surface area (TPSA) is 31.6 Å². The Morgan fingerprint density at radius 1 is 0.423 bits per heavy atom. The van der Waals surface area contributed by atoms with E-state index in [0.29, 0.717) is 12.1 Å². The molecule has 124 valence electrons. The Labute approximate surface area is 153 Å². The molecule has 2 aromatic heterocycles. The van der Waals surface area contributed by atoms with Gasteiger partial charge in [-0.25, -0.2) is 0 Å². The van der Waals surface area contributed by atoms with Crippen LogP contribution in [0.4, 0.5) is 0 Å². The quantitative estimate of drug-likeness (QED) is 0.311. The molecule has 0 bridgehead atoms. The van der Waals surface area contributed by atoms with E-state index in [2.05, 4.69) is 22.1 Å². The number of H-pyrrole nitrogens is 2. The minimum absolute atomic E-state index is 0.554. The Kier molecular flexibility index (Phi) is 2.99. The number of para-hydroxylation sites is 4. The maximum Gasteiger partial charge on any atom is 0.0645 e. The molecule has 0 saturated heterocycles. The van der Waals surface area contributed by atoms with E-state index in [1.54, 1.807) is 12.1 Å². The summed E-state index contributed by atoms with van der Waals surface area (Å²) in [6, 6.07) is 28.9. The van der Waals surface area contributed by atoms with E-state index in [9.17, 15) is 0 Å². The lowest BCUT2D eigenvalue weighted by Gasteiger charge is -1.87. The third kappa shape index (κ3) is 2.44. The maximum absolute atomic E-state index is 7.76. The van der Waals surface area contributed by atoms with Crippen molar-refractivity contribution in [2.45, 2.75) is 0 Å². The van der Waals surface area contributed by atoms with E-state index in [1.165, 1.54) is 10.8 Å². The molecule has 0 unspecified atom stereocenters. The molecule has 6 rings (SSSR count). The van der Waals surface area contributed by atoms with E-state index < -0.39 is 0 Å². The zero-order chi connectivity index (χ0) is 19.1. The molecule has 0 radical (unpaired) electrons. The van der Waals surface area contributed by atoms with E-state index >= 15 is 0 Å². The van der Waals surface area contributed by atoms with E-state index in [4.69, 9.17) is 2.74 Å². The molecule has 2 heterocycles. The van der Waals surface area contributed by atoms with Crippen molar-refractivity contribution in [3.63, 3.8) is 0 Å². The number of aromatic amines is 2. The molecular formula is C24H18N2. The third-order valence-electron chi connectivity index (χ3n) is 4.67. The molecule has 0 atom stereocenters. The van der Waals surface area contributed by atoms with Crippen LogP contribution in [0.15, 0.2) is 97.0 Å². The van der Waals surface area contributed by atoms with Crippen molar-refractivity contribution < 1.29 is 2.74 Å². The van der Waals surface area contributed by atoms with Gasteiger partial charge in [0.25, 0.3) is 0 Å². The maximum atomic E-state index is 7.76. The number of benzene rings is 4. The molecule has 0 fully saturated rings. The van der Waals surface area contributed by atoms with Crippen molar-refractivity contribution in [1.29, 1.82) is 0 Å². The highest BCUT2D eigenvalue weighted by Gasteiger charge is 2.01. The Balaban J connectivity index is 0.000000122. The van der Waals surface area contributed by atoms with Gasteiger partial charge in [-0.05, 0) is 24.2 Å². The van der Waals surface area contributed by atoms with Gasteiger partial charge in [-0.15, -0.1) is 0 Å². The van der Waals surface area contributed by atoms with Crippen molar-refractivity contribution >= 4 is 43.6 Å². The number of nitrogens with one attached hydrogen (secondary N) is 2. The predicted octanol–water partition coefficient (Wildman–Crippen LogP) is 6.64. The normalized spacial score (nSPS) is 12.2. The Bertz CT molecular complexity index is 1330. The average Bonchev–Trinajstić information content (AvgIpc) is 3.29. The van der Waals surface area contributed by atoms with E-state index in [-0.39, 0.29) is 0 Å². The lowest BCUT2D eigenvalue weighted by molar-refractivity contribution is 1.55. The number of hydrogen-bond acceptors (Lipinski definition) is 0. The number of fused-ring (bicyclic) bond motifs is 6. The Morgan fingerprint density at radius 2 is 0.769 bits per heavy atom. The van der Waals surface area contributed by atoms with Crippen LogP contribution < -0.4 is 0 Å². The summed E-state index contributed by atoms with van der Waals surface area (Å²) in [6.07, 6.45) is 0. The molecule has 0 spiro atoms. The molecule has 0 amide bonds. The molecule has 2 heteroatoms. The fourth-order valence-corrected chi connectivity index (χ4v) is 3.45. The van der Waals surface area contributed by atoms with Crippen LogP contribution in [-0.4, -0.2) is 9.97 Å². The van der Waals surface area contributed by atoms with Crippen molar-refractivity contribution in [2.75, 3.05) is 0 Å². The van der Waals surface area contributed by atoms with Gasteiger partial charge in [0.1, 0.15) is 0 Å². The molecule has 26 heavy (non-hydrogen) atoms.